The predicted molar refractivity (Wildman–Crippen MR) is 128 cm³/mol. The minimum atomic E-state index is -0.467. The summed E-state index contributed by atoms with van der Waals surface area (Å²) in [6.45, 7) is 4.24. The second-order valence-corrected chi connectivity index (χ2v) is 8.54. The van der Waals surface area contributed by atoms with Gasteiger partial charge in [0.15, 0.2) is 11.6 Å². The number of piperazine rings is 1. The van der Waals surface area contributed by atoms with Crippen molar-refractivity contribution in [2.24, 2.45) is 0 Å². The Hall–Kier alpha value is -3.72. The molecular formula is C25H27FN6O2. The van der Waals surface area contributed by atoms with Crippen molar-refractivity contribution < 1.29 is 13.9 Å². The lowest BCUT2D eigenvalue weighted by Crippen LogP contribution is -2.45. The van der Waals surface area contributed by atoms with Crippen molar-refractivity contribution in [3.8, 4) is 11.6 Å². The molecular weight excluding hydrogens is 435 g/mol. The van der Waals surface area contributed by atoms with E-state index < -0.39 is 5.82 Å². The molecule has 0 radical (unpaired) electrons. The van der Waals surface area contributed by atoms with Crippen LogP contribution in [-0.2, 0) is 13.0 Å². The van der Waals surface area contributed by atoms with Crippen molar-refractivity contribution in [2.75, 3.05) is 50.0 Å². The van der Waals surface area contributed by atoms with E-state index in [2.05, 4.69) is 22.2 Å². The zero-order valence-electron chi connectivity index (χ0n) is 19.1. The number of nitrogens with one attached hydrogen (secondary N) is 1. The molecule has 2 amide bonds. The number of likely N-dealkylation sites (N-methyl/N-ethyl adjacent to an activating group) is 1. The lowest BCUT2D eigenvalue weighted by Gasteiger charge is -2.34. The van der Waals surface area contributed by atoms with Gasteiger partial charge in [0, 0.05) is 44.8 Å². The van der Waals surface area contributed by atoms with Crippen molar-refractivity contribution in [1.82, 2.24) is 19.8 Å². The van der Waals surface area contributed by atoms with E-state index in [0.29, 0.717) is 30.4 Å². The first-order valence-corrected chi connectivity index (χ1v) is 11.4. The van der Waals surface area contributed by atoms with Crippen LogP contribution in [0.1, 0.15) is 11.3 Å². The molecule has 0 atom stereocenters. The molecule has 1 aromatic heterocycles. The lowest BCUT2D eigenvalue weighted by atomic mass is 10.1. The number of rotatable bonds is 4. The Morgan fingerprint density at radius 1 is 0.971 bits per heavy atom. The summed E-state index contributed by atoms with van der Waals surface area (Å²) in [5.41, 5.74) is 2.26. The Labute approximate surface area is 198 Å². The summed E-state index contributed by atoms with van der Waals surface area (Å²) in [7, 11) is 2.09. The Kier molecular flexibility index (Phi) is 6.27. The van der Waals surface area contributed by atoms with Crippen LogP contribution in [0, 0.1) is 5.82 Å². The Balaban J connectivity index is 1.44. The highest BCUT2D eigenvalue weighted by molar-refractivity contribution is 5.89. The van der Waals surface area contributed by atoms with E-state index in [1.165, 1.54) is 6.07 Å². The molecule has 0 spiro atoms. The standard InChI is InChI=1S/C25H27FN6O2/c1-30-13-15-31(16-14-30)24-28-21-11-12-32(25(33)27-18-7-3-2-4-8-18)17-19(21)23(29-24)34-22-10-6-5-9-20(22)26/h2-10H,11-17H2,1H3,(H,27,33). The molecule has 0 saturated carbocycles. The summed E-state index contributed by atoms with van der Waals surface area (Å²) >= 11 is 0. The van der Waals surface area contributed by atoms with Crippen molar-refractivity contribution in [2.45, 2.75) is 13.0 Å². The van der Waals surface area contributed by atoms with E-state index in [1.54, 1.807) is 23.1 Å². The molecule has 3 heterocycles. The van der Waals surface area contributed by atoms with Gasteiger partial charge in [-0.2, -0.15) is 4.98 Å². The summed E-state index contributed by atoms with van der Waals surface area (Å²) in [5, 5.41) is 2.92. The molecule has 9 heteroatoms. The number of carbonyl (C=O) groups is 1. The van der Waals surface area contributed by atoms with E-state index in [1.807, 2.05) is 30.3 Å². The van der Waals surface area contributed by atoms with Crippen LogP contribution in [0.2, 0.25) is 0 Å². The topological polar surface area (TPSA) is 73.8 Å². The fourth-order valence-electron chi connectivity index (χ4n) is 4.13. The molecule has 5 rings (SSSR count). The van der Waals surface area contributed by atoms with Crippen LogP contribution in [0.3, 0.4) is 0 Å². The van der Waals surface area contributed by atoms with Gasteiger partial charge in [-0.3, -0.25) is 0 Å². The van der Waals surface area contributed by atoms with Gasteiger partial charge in [-0.1, -0.05) is 30.3 Å². The third-order valence-corrected chi connectivity index (χ3v) is 6.15. The van der Waals surface area contributed by atoms with Gasteiger partial charge in [0.2, 0.25) is 11.8 Å². The molecule has 1 saturated heterocycles. The Morgan fingerprint density at radius 2 is 1.71 bits per heavy atom. The van der Waals surface area contributed by atoms with Crippen LogP contribution < -0.4 is 15.0 Å². The minimum absolute atomic E-state index is 0.0959. The van der Waals surface area contributed by atoms with E-state index in [-0.39, 0.29) is 18.3 Å². The van der Waals surface area contributed by atoms with Gasteiger partial charge >= 0.3 is 6.03 Å². The number of carbonyl (C=O) groups excluding carboxylic acids is 1. The number of nitrogens with zero attached hydrogens (tertiary/aromatic N) is 5. The summed E-state index contributed by atoms with van der Waals surface area (Å²) in [6, 6.07) is 15.4. The monoisotopic (exact) mass is 462 g/mol. The zero-order valence-corrected chi connectivity index (χ0v) is 19.1. The second kappa shape index (κ2) is 9.64. The molecule has 176 valence electrons. The maximum Gasteiger partial charge on any atom is 0.322 e. The Bertz CT molecular complexity index is 1170. The fourth-order valence-corrected chi connectivity index (χ4v) is 4.13. The van der Waals surface area contributed by atoms with Crippen LogP contribution in [0.5, 0.6) is 11.6 Å². The lowest BCUT2D eigenvalue weighted by molar-refractivity contribution is 0.204. The molecule has 1 fully saturated rings. The third kappa shape index (κ3) is 4.79. The van der Waals surface area contributed by atoms with Crippen molar-refractivity contribution >= 4 is 17.7 Å². The average Bonchev–Trinajstić information content (AvgIpc) is 2.86. The van der Waals surface area contributed by atoms with Gasteiger partial charge in [0.25, 0.3) is 0 Å². The summed E-state index contributed by atoms with van der Waals surface area (Å²) in [4.78, 5) is 28.5. The fraction of sp³-hybridized carbons (Fsp3) is 0.320. The van der Waals surface area contributed by atoms with Crippen molar-refractivity contribution in [1.29, 1.82) is 0 Å². The minimum Gasteiger partial charge on any atom is -0.435 e. The number of anilines is 2. The first kappa shape index (κ1) is 22.1. The number of para-hydroxylation sites is 2. The number of amides is 2. The van der Waals surface area contributed by atoms with Crippen LogP contribution >= 0.6 is 0 Å². The molecule has 34 heavy (non-hydrogen) atoms. The highest BCUT2D eigenvalue weighted by Gasteiger charge is 2.29. The zero-order chi connectivity index (χ0) is 23.5. The number of fused-ring (bicyclic) bond motifs is 1. The van der Waals surface area contributed by atoms with Gasteiger partial charge in [-0.15, -0.1) is 0 Å². The van der Waals surface area contributed by atoms with E-state index in [4.69, 9.17) is 14.7 Å². The highest BCUT2D eigenvalue weighted by Crippen LogP contribution is 2.32. The van der Waals surface area contributed by atoms with Gasteiger partial charge in [-0.25, -0.2) is 14.2 Å². The van der Waals surface area contributed by atoms with Gasteiger partial charge < -0.3 is 24.8 Å². The normalized spacial score (nSPS) is 16.2. The maximum absolute atomic E-state index is 14.4. The summed E-state index contributed by atoms with van der Waals surface area (Å²) in [6.07, 6.45) is 0.564. The van der Waals surface area contributed by atoms with Crippen LogP contribution in [0.25, 0.3) is 0 Å². The number of halogens is 1. The molecule has 0 aliphatic carbocycles. The van der Waals surface area contributed by atoms with Crippen LogP contribution in [0.4, 0.5) is 20.8 Å². The van der Waals surface area contributed by atoms with Crippen LogP contribution in [0.15, 0.2) is 54.6 Å². The van der Waals surface area contributed by atoms with Gasteiger partial charge in [0.1, 0.15) is 0 Å². The maximum atomic E-state index is 14.4. The molecule has 1 N–H and O–H groups in total. The molecule has 2 aromatic carbocycles. The number of hydrogen-bond donors (Lipinski definition) is 1. The molecule has 0 bridgehead atoms. The number of benzene rings is 2. The first-order chi connectivity index (χ1) is 16.6. The molecule has 3 aromatic rings. The SMILES string of the molecule is CN1CCN(c2nc3c(c(Oc4ccccc4F)n2)CN(C(=O)Nc2ccccc2)CC3)CC1. The third-order valence-electron chi connectivity index (χ3n) is 6.15. The Morgan fingerprint density at radius 3 is 2.47 bits per heavy atom. The van der Waals surface area contributed by atoms with E-state index in [0.717, 1.165) is 37.6 Å². The average molecular weight is 463 g/mol. The molecule has 8 nitrogen and oxygen atoms in total. The van der Waals surface area contributed by atoms with E-state index >= 15 is 0 Å². The number of urea groups is 1. The van der Waals surface area contributed by atoms with Crippen LogP contribution in [-0.4, -0.2) is 65.6 Å². The quantitative estimate of drug-likeness (QED) is 0.637. The molecule has 2 aliphatic rings. The second-order valence-electron chi connectivity index (χ2n) is 8.54. The first-order valence-electron chi connectivity index (χ1n) is 11.4. The van der Waals surface area contributed by atoms with E-state index in [9.17, 15) is 9.18 Å². The van der Waals surface area contributed by atoms with Crippen molar-refractivity contribution in [3.05, 3.63) is 71.7 Å². The smallest absolute Gasteiger partial charge is 0.322 e. The number of aromatic nitrogens is 2. The van der Waals surface area contributed by atoms with Gasteiger partial charge in [0.05, 0.1) is 17.8 Å². The number of hydrogen-bond acceptors (Lipinski definition) is 6. The molecule has 2 aliphatic heterocycles. The largest absolute Gasteiger partial charge is 0.435 e. The summed E-state index contributed by atoms with van der Waals surface area (Å²) in [5.74, 6) is 0.505. The number of ether oxygens (including phenoxy) is 1. The predicted octanol–water partition coefficient (Wildman–Crippen LogP) is 3.75. The summed E-state index contributed by atoms with van der Waals surface area (Å²) < 4.78 is 20.4. The van der Waals surface area contributed by atoms with Gasteiger partial charge in [-0.05, 0) is 31.3 Å². The van der Waals surface area contributed by atoms with Crippen molar-refractivity contribution in [3.63, 3.8) is 0 Å². The molecule has 0 unspecified atom stereocenters. The highest BCUT2D eigenvalue weighted by atomic mass is 19.1.